The first-order valence-corrected chi connectivity index (χ1v) is 12.4. The molecule has 0 aliphatic heterocycles. The van der Waals surface area contributed by atoms with Crippen LogP contribution in [-0.4, -0.2) is 26.4 Å². The normalized spacial score (nSPS) is 10.9. The lowest BCUT2D eigenvalue weighted by atomic mass is 10.1. The Kier molecular flexibility index (Phi) is 8.21. The first kappa shape index (κ1) is 24.3. The number of rotatable bonds is 9. The summed E-state index contributed by atoms with van der Waals surface area (Å²) in [6, 6.07) is 21.2. The summed E-state index contributed by atoms with van der Waals surface area (Å²) in [5.41, 5.74) is 2.51. The van der Waals surface area contributed by atoms with Crippen LogP contribution in [0.2, 0.25) is 10.0 Å². The van der Waals surface area contributed by atoms with Gasteiger partial charge in [0, 0.05) is 24.3 Å². The molecule has 3 aromatic carbocycles. The van der Waals surface area contributed by atoms with E-state index in [1.165, 1.54) is 36.0 Å². The molecule has 9 heteroatoms. The molecule has 1 N–H and O–H groups in total. The summed E-state index contributed by atoms with van der Waals surface area (Å²) >= 11 is 13.9. The predicted octanol–water partition coefficient (Wildman–Crippen LogP) is 6.82. The molecule has 0 spiro atoms. The van der Waals surface area contributed by atoms with Gasteiger partial charge in [0.15, 0.2) is 5.16 Å². The van der Waals surface area contributed by atoms with E-state index < -0.39 is 0 Å². The largest absolute Gasteiger partial charge is 0.326 e. The molecule has 1 heterocycles. The zero-order valence-corrected chi connectivity index (χ0v) is 20.4. The van der Waals surface area contributed by atoms with Crippen molar-refractivity contribution in [1.82, 2.24) is 14.8 Å². The minimum atomic E-state index is -0.341. The van der Waals surface area contributed by atoms with Gasteiger partial charge in [-0.05, 0) is 54.4 Å². The Morgan fingerprint density at radius 2 is 1.74 bits per heavy atom. The van der Waals surface area contributed by atoms with E-state index in [1.807, 2.05) is 41.0 Å². The van der Waals surface area contributed by atoms with E-state index in [9.17, 15) is 9.18 Å². The molecule has 34 heavy (non-hydrogen) atoms. The molecule has 0 atom stereocenters. The summed E-state index contributed by atoms with van der Waals surface area (Å²) in [5, 5.41) is 13.2. The molecular weight excluding hydrogens is 494 g/mol. The van der Waals surface area contributed by atoms with Gasteiger partial charge in [-0.25, -0.2) is 4.39 Å². The number of thioether (sulfide) groups is 1. The molecule has 174 valence electrons. The van der Waals surface area contributed by atoms with Gasteiger partial charge in [-0.3, -0.25) is 9.36 Å². The predicted molar refractivity (Wildman–Crippen MR) is 136 cm³/mol. The third-order valence-electron chi connectivity index (χ3n) is 4.97. The van der Waals surface area contributed by atoms with Crippen LogP contribution in [0.4, 0.5) is 10.1 Å². The number of benzene rings is 3. The van der Waals surface area contributed by atoms with Crippen molar-refractivity contribution >= 4 is 46.6 Å². The van der Waals surface area contributed by atoms with Crippen LogP contribution in [0.5, 0.6) is 0 Å². The standard InChI is InChI=1S/C25H21Cl2FN4OS/c26-21-13-12-20(16-22(21)27)32-23(15-17-5-2-1-3-6-17)30-31-25(32)34-14-4-7-24(33)29-19-10-8-18(28)9-11-19/h1-3,5-6,8-13,16H,4,7,14-15H2,(H,29,33). The number of halogens is 3. The SMILES string of the molecule is O=C(CCCSc1nnc(Cc2ccccc2)n1-c1ccc(Cl)c(Cl)c1)Nc1ccc(F)cc1. The van der Waals surface area contributed by atoms with Gasteiger partial charge in [-0.15, -0.1) is 10.2 Å². The summed E-state index contributed by atoms with van der Waals surface area (Å²) in [4.78, 5) is 12.2. The van der Waals surface area contributed by atoms with Crippen LogP contribution in [-0.2, 0) is 11.2 Å². The average molecular weight is 515 g/mol. The molecule has 0 saturated carbocycles. The molecule has 1 aromatic heterocycles. The van der Waals surface area contributed by atoms with E-state index in [0.29, 0.717) is 45.9 Å². The van der Waals surface area contributed by atoms with Crippen LogP contribution in [0.3, 0.4) is 0 Å². The Bertz CT molecular complexity index is 1270. The summed E-state index contributed by atoms with van der Waals surface area (Å²) < 4.78 is 15.0. The Hall–Kier alpha value is -2.87. The van der Waals surface area contributed by atoms with E-state index in [0.717, 1.165) is 17.1 Å². The zero-order chi connectivity index (χ0) is 23.9. The minimum absolute atomic E-state index is 0.122. The number of carbonyl (C=O) groups excluding carboxylic acids is 1. The Morgan fingerprint density at radius 3 is 2.47 bits per heavy atom. The zero-order valence-electron chi connectivity index (χ0n) is 18.0. The smallest absolute Gasteiger partial charge is 0.224 e. The highest BCUT2D eigenvalue weighted by atomic mass is 35.5. The number of nitrogens with zero attached hydrogens (tertiary/aromatic N) is 3. The first-order valence-electron chi connectivity index (χ1n) is 10.6. The van der Waals surface area contributed by atoms with Gasteiger partial charge in [-0.2, -0.15) is 0 Å². The minimum Gasteiger partial charge on any atom is -0.326 e. The maximum atomic E-state index is 13.0. The summed E-state index contributed by atoms with van der Waals surface area (Å²) in [5.74, 6) is 0.984. The highest BCUT2D eigenvalue weighted by Gasteiger charge is 2.16. The van der Waals surface area contributed by atoms with Crippen LogP contribution in [0, 0.1) is 5.82 Å². The van der Waals surface area contributed by atoms with Crippen LogP contribution in [0.25, 0.3) is 5.69 Å². The van der Waals surface area contributed by atoms with Gasteiger partial charge in [-0.1, -0.05) is 65.3 Å². The van der Waals surface area contributed by atoms with Crippen LogP contribution < -0.4 is 5.32 Å². The second kappa shape index (κ2) is 11.5. The third-order valence-corrected chi connectivity index (χ3v) is 6.73. The van der Waals surface area contributed by atoms with Crippen LogP contribution >= 0.6 is 35.0 Å². The van der Waals surface area contributed by atoms with Crippen molar-refractivity contribution in [2.75, 3.05) is 11.1 Å². The maximum Gasteiger partial charge on any atom is 0.224 e. The van der Waals surface area contributed by atoms with Crippen LogP contribution in [0.15, 0.2) is 78.0 Å². The Morgan fingerprint density at radius 1 is 0.971 bits per heavy atom. The lowest BCUT2D eigenvalue weighted by Gasteiger charge is -2.11. The molecule has 0 saturated heterocycles. The van der Waals surface area contributed by atoms with Crippen molar-refractivity contribution in [2.24, 2.45) is 0 Å². The fourth-order valence-corrected chi connectivity index (χ4v) is 4.53. The number of hydrogen-bond acceptors (Lipinski definition) is 4. The topological polar surface area (TPSA) is 59.8 Å². The second-order valence-electron chi connectivity index (χ2n) is 7.50. The van der Waals surface area contributed by atoms with Gasteiger partial charge in [0.25, 0.3) is 0 Å². The Labute approximate surface area is 211 Å². The number of aromatic nitrogens is 3. The van der Waals surface area contributed by atoms with Crippen molar-refractivity contribution in [3.05, 3.63) is 100 Å². The molecule has 4 rings (SSSR count). The van der Waals surface area contributed by atoms with Crippen molar-refractivity contribution in [2.45, 2.75) is 24.4 Å². The lowest BCUT2D eigenvalue weighted by molar-refractivity contribution is -0.116. The summed E-state index contributed by atoms with van der Waals surface area (Å²) in [6.07, 6.45) is 1.58. The average Bonchev–Trinajstić information content (AvgIpc) is 3.23. The number of anilines is 1. The monoisotopic (exact) mass is 514 g/mol. The Balaban J connectivity index is 1.43. The molecule has 0 fully saturated rings. The van der Waals surface area contributed by atoms with Gasteiger partial charge < -0.3 is 5.32 Å². The maximum absolute atomic E-state index is 13.0. The number of carbonyl (C=O) groups is 1. The molecule has 5 nitrogen and oxygen atoms in total. The molecule has 0 aliphatic carbocycles. The van der Waals surface area contributed by atoms with Gasteiger partial charge >= 0.3 is 0 Å². The fourth-order valence-electron chi connectivity index (χ4n) is 3.32. The van der Waals surface area contributed by atoms with Gasteiger partial charge in [0.1, 0.15) is 11.6 Å². The molecule has 0 unspecified atom stereocenters. The number of nitrogens with one attached hydrogen (secondary N) is 1. The second-order valence-corrected chi connectivity index (χ2v) is 9.38. The lowest BCUT2D eigenvalue weighted by Crippen LogP contribution is -2.11. The highest BCUT2D eigenvalue weighted by molar-refractivity contribution is 7.99. The quantitative estimate of drug-likeness (QED) is 0.196. The molecule has 1 amide bonds. The van der Waals surface area contributed by atoms with E-state index in [4.69, 9.17) is 23.2 Å². The van der Waals surface area contributed by atoms with Crippen molar-refractivity contribution in [3.63, 3.8) is 0 Å². The van der Waals surface area contributed by atoms with Crippen molar-refractivity contribution < 1.29 is 9.18 Å². The van der Waals surface area contributed by atoms with Crippen molar-refractivity contribution in [3.8, 4) is 5.69 Å². The molecule has 4 aromatic rings. The van der Waals surface area contributed by atoms with E-state index in [-0.39, 0.29) is 11.7 Å². The molecule has 0 radical (unpaired) electrons. The molecular formula is C25H21Cl2FN4OS. The van der Waals surface area contributed by atoms with E-state index >= 15 is 0 Å². The third kappa shape index (κ3) is 6.38. The fraction of sp³-hybridized carbons (Fsp3) is 0.160. The first-order chi connectivity index (χ1) is 16.5. The van der Waals surface area contributed by atoms with E-state index in [2.05, 4.69) is 15.5 Å². The van der Waals surface area contributed by atoms with Gasteiger partial charge in [0.05, 0.1) is 15.7 Å². The summed E-state index contributed by atoms with van der Waals surface area (Å²) in [7, 11) is 0. The highest BCUT2D eigenvalue weighted by Crippen LogP contribution is 2.29. The van der Waals surface area contributed by atoms with Gasteiger partial charge in [0.2, 0.25) is 5.91 Å². The molecule has 0 aliphatic rings. The molecule has 0 bridgehead atoms. The number of hydrogen-bond donors (Lipinski definition) is 1. The van der Waals surface area contributed by atoms with Crippen molar-refractivity contribution in [1.29, 1.82) is 0 Å². The number of amides is 1. The summed E-state index contributed by atoms with van der Waals surface area (Å²) in [6.45, 7) is 0. The van der Waals surface area contributed by atoms with E-state index in [1.54, 1.807) is 12.1 Å². The van der Waals surface area contributed by atoms with Crippen LogP contribution in [0.1, 0.15) is 24.2 Å².